The summed E-state index contributed by atoms with van der Waals surface area (Å²) in [5.74, 6) is 0. The Morgan fingerprint density at radius 1 is 1.53 bits per heavy atom. The summed E-state index contributed by atoms with van der Waals surface area (Å²) >= 11 is 2.08. The molecule has 0 amide bonds. The molecule has 0 aromatic carbocycles. The third kappa shape index (κ3) is 4.52. The highest BCUT2D eigenvalue weighted by Gasteiger charge is 2.36. The first-order valence-corrected chi connectivity index (χ1v) is 7.91. The fraction of sp³-hybridized carbons (Fsp3) is 0.929. The summed E-state index contributed by atoms with van der Waals surface area (Å²) < 4.78 is 0. The van der Waals surface area contributed by atoms with Crippen molar-refractivity contribution in [2.75, 3.05) is 6.54 Å². The summed E-state index contributed by atoms with van der Waals surface area (Å²) in [5.41, 5.74) is -0.237. The maximum absolute atomic E-state index is 9.46. The average molecular weight is 254 g/mol. The monoisotopic (exact) mass is 254 g/mol. The average Bonchev–Trinajstić information content (AvgIpc) is 2.36. The first-order valence-electron chi connectivity index (χ1n) is 6.97. The minimum Gasteiger partial charge on any atom is -0.299 e. The van der Waals surface area contributed by atoms with Gasteiger partial charge in [-0.15, -0.1) is 0 Å². The molecular formula is C14H26N2S. The van der Waals surface area contributed by atoms with Crippen molar-refractivity contribution in [1.82, 2.24) is 5.32 Å². The lowest BCUT2D eigenvalue weighted by Gasteiger charge is -2.37. The molecule has 0 aromatic heterocycles. The van der Waals surface area contributed by atoms with Gasteiger partial charge in [-0.05, 0) is 45.1 Å². The van der Waals surface area contributed by atoms with E-state index in [0.717, 1.165) is 31.1 Å². The van der Waals surface area contributed by atoms with E-state index in [4.69, 9.17) is 0 Å². The molecular weight excluding hydrogens is 228 g/mol. The van der Waals surface area contributed by atoms with Crippen LogP contribution in [0, 0.1) is 11.3 Å². The zero-order valence-electron chi connectivity index (χ0n) is 11.5. The summed E-state index contributed by atoms with van der Waals surface area (Å²) in [7, 11) is 0. The first-order chi connectivity index (χ1) is 8.15. The predicted octanol–water partition coefficient (Wildman–Crippen LogP) is 3.72. The molecule has 3 unspecified atom stereocenters. The van der Waals surface area contributed by atoms with Crippen LogP contribution < -0.4 is 5.32 Å². The van der Waals surface area contributed by atoms with Gasteiger partial charge < -0.3 is 0 Å². The Bertz CT molecular complexity index is 261. The smallest absolute Gasteiger partial charge is 0.107 e. The topological polar surface area (TPSA) is 35.8 Å². The van der Waals surface area contributed by atoms with E-state index in [0.29, 0.717) is 5.25 Å². The fourth-order valence-electron chi connectivity index (χ4n) is 2.43. The van der Waals surface area contributed by atoms with Crippen molar-refractivity contribution in [1.29, 1.82) is 5.26 Å². The molecule has 98 valence electrons. The summed E-state index contributed by atoms with van der Waals surface area (Å²) in [6, 6.07) is 2.55. The minimum atomic E-state index is -0.237. The molecule has 1 aliphatic rings. The molecule has 1 aliphatic carbocycles. The van der Waals surface area contributed by atoms with Gasteiger partial charge in [0.25, 0.3) is 0 Å². The molecule has 0 aromatic rings. The maximum atomic E-state index is 9.46. The van der Waals surface area contributed by atoms with E-state index in [1.54, 1.807) is 0 Å². The second-order valence-electron chi connectivity index (χ2n) is 5.19. The van der Waals surface area contributed by atoms with Gasteiger partial charge in [0.05, 0.1) is 6.07 Å². The van der Waals surface area contributed by atoms with Crippen LogP contribution in [0.4, 0.5) is 0 Å². The molecule has 2 nitrogen and oxygen atoms in total. The van der Waals surface area contributed by atoms with Crippen LogP contribution in [0.3, 0.4) is 0 Å². The second kappa shape index (κ2) is 7.28. The highest BCUT2D eigenvalue weighted by atomic mass is 32.2. The Hall–Kier alpha value is -0.200. The van der Waals surface area contributed by atoms with Gasteiger partial charge in [0.15, 0.2) is 0 Å². The summed E-state index contributed by atoms with van der Waals surface area (Å²) in [6.07, 6.45) is 6.86. The molecule has 0 bridgehead atoms. The van der Waals surface area contributed by atoms with Gasteiger partial charge in [0, 0.05) is 10.5 Å². The molecule has 1 N–H and O–H groups in total. The Labute approximate surface area is 111 Å². The van der Waals surface area contributed by atoms with Gasteiger partial charge in [0.1, 0.15) is 5.54 Å². The lowest BCUT2D eigenvalue weighted by atomic mass is 9.82. The molecule has 1 fully saturated rings. The van der Waals surface area contributed by atoms with Crippen LogP contribution in [0.25, 0.3) is 0 Å². The Kier molecular flexibility index (Phi) is 6.37. The quantitative estimate of drug-likeness (QED) is 0.784. The van der Waals surface area contributed by atoms with Gasteiger partial charge >= 0.3 is 0 Å². The number of nitrogens with zero attached hydrogens (tertiary/aromatic N) is 1. The molecule has 3 heteroatoms. The number of rotatable bonds is 6. The van der Waals surface area contributed by atoms with Crippen LogP contribution in [0.15, 0.2) is 0 Å². The van der Waals surface area contributed by atoms with Crippen molar-refractivity contribution in [2.24, 2.45) is 0 Å². The van der Waals surface area contributed by atoms with Gasteiger partial charge in [0.2, 0.25) is 0 Å². The van der Waals surface area contributed by atoms with Crippen molar-refractivity contribution in [3.63, 3.8) is 0 Å². The molecule has 0 spiro atoms. The van der Waals surface area contributed by atoms with Crippen molar-refractivity contribution < 1.29 is 0 Å². The van der Waals surface area contributed by atoms with Gasteiger partial charge in [-0.2, -0.15) is 17.0 Å². The van der Waals surface area contributed by atoms with Crippen LogP contribution in [-0.2, 0) is 0 Å². The lowest BCUT2D eigenvalue weighted by Crippen LogP contribution is -2.48. The van der Waals surface area contributed by atoms with Crippen molar-refractivity contribution >= 4 is 11.8 Å². The number of thioether (sulfide) groups is 1. The van der Waals surface area contributed by atoms with Crippen LogP contribution in [-0.4, -0.2) is 22.6 Å². The molecule has 1 saturated carbocycles. The number of hydrogen-bond acceptors (Lipinski definition) is 3. The van der Waals surface area contributed by atoms with E-state index in [1.807, 2.05) is 0 Å². The van der Waals surface area contributed by atoms with Gasteiger partial charge in [-0.1, -0.05) is 20.8 Å². The van der Waals surface area contributed by atoms with E-state index in [1.165, 1.54) is 19.3 Å². The molecule has 0 saturated heterocycles. The van der Waals surface area contributed by atoms with E-state index in [9.17, 15) is 5.26 Å². The predicted molar refractivity (Wildman–Crippen MR) is 76.2 cm³/mol. The highest BCUT2D eigenvalue weighted by Crippen LogP contribution is 2.37. The Morgan fingerprint density at radius 2 is 2.29 bits per heavy atom. The van der Waals surface area contributed by atoms with Crippen molar-refractivity contribution in [3.8, 4) is 6.07 Å². The van der Waals surface area contributed by atoms with E-state index in [2.05, 4.69) is 43.9 Å². The largest absolute Gasteiger partial charge is 0.299 e. The van der Waals surface area contributed by atoms with E-state index < -0.39 is 0 Å². The number of nitrogens with one attached hydrogen (secondary N) is 1. The lowest BCUT2D eigenvalue weighted by molar-refractivity contribution is 0.304. The number of nitriles is 1. The molecule has 0 heterocycles. The maximum Gasteiger partial charge on any atom is 0.107 e. The summed E-state index contributed by atoms with van der Waals surface area (Å²) in [5, 5.41) is 14.3. The van der Waals surface area contributed by atoms with Gasteiger partial charge in [-0.25, -0.2) is 0 Å². The van der Waals surface area contributed by atoms with E-state index in [-0.39, 0.29) is 5.54 Å². The zero-order valence-corrected chi connectivity index (χ0v) is 12.3. The summed E-state index contributed by atoms with van der Waals surface area (Å²) in [6.45, 7) is 7.67. The van der Waals surface area contributed by atoms with Crippen LogP contribution in [0.2, 0.25) is 0 Å². The van der Waals surface area contributed by atoms with Crippen LogP contribution in [0.1, 0.15) is 59.3 Å². The molecule has 1 rings (SSSR count). The van der Waals surface area contributed by atoms with E-state index >= 15 is 0 Å². The molecule has 3 atom stereocenters. The minimum absolute atomic E-state index is 0.237. The van der Waals surface area contributed by atoms with Gasteiger partial charge in [-0.3, -0.25) is 5.32 Å². The standard InChI is InChI=1S/C14H26N2S/c1-4-9-16-14(11-15)8-6-7-13(10-14)17-12(3)5-2/h12-13,16H,4-10H2,1-3H3. The van der Waals surface area contributed by atoms with Crippen molar-refractivity contribution in [3.05, 3.63) is 0 Å². The Morgan fingerprint density at radius 3 is 2.88 bits per heavy atom. The van der Waals surface area contributed by atoms with Crippen molar-refractivity contribution in [2.45, 2.75) is 75.3 Å². The fourth-order valence-corrected chi connectivity index (χ4v) is 3.96. The third-order valence-electron chi connectivity index (χ3n) is 3.63. The van der Waals surface area contributed by atoms with Crippen LogP contribution >= 0.6 is 11.8 Å². The summed E-state index contributed by atoms with van der Waals surface area (Å²) in [4.78, 5) is 0. The first kappa shape index (κ1) is 14.9. The SMILES string of the molecule is CCCNC1(C#N)CCCC(SC(C)CC)C1. The Balaban J connectivity index is 2.53. The zero-order chi connectivity index (χ0) is 12.7. The number of hydrogen-bond donors (Lipinski definition) is 1. The van der Waals surface area contributed by atoms with Crippen LogP contribution in [0.5, 0.6) is 0 Å². The second-order valence-corrected chi connectivity index (χ2v) is 6.94. The third-order valence-corrected chi connectivity index (χ3v) is 5.22. The molecule has 0 aliphatic heterocycles. The molecule has 17 heavy (non-hydrogen) atoms. The normalized spacial score (nSPS) is 30.8. The highest BCUT2D eigenvalue weighted by molar-refractivity contribution is 8.00. The molecule has 0 radical (unpaired) electrons.